The molecule has 0 saturated heterocycles. The number of benzene rings is 2. The Morgan fingerprint density at radius 1 is 0.733 bits per heavy atom. The minimum absolute atomic E-state index is 0.296. The molecule has 0 nitrogen and oxygen atoms in total. The summed E-state index contributed by atoms with van der Waals surface area (Å²) in [5.74, 6) is 0.611. The minimum Gasteiger partial charge on any atom is -0.0875 e. The average Bonchev–Trinajstić information content (AvgIpc) is 2.55. The fourth-order valence-corrected chi connectivity index (χ4v) is 5.26. The average molecular weight is 400 g/mol. The van der Waals surface area contributed by atoms with Crippen molar-refractivity contribution in [3.05, 3.63) is 80.3 Å². The Balaban J connectivity index is 2.98. The molecule has 0 bridgehead atoms. The molecule has 2 aromatic rings. The predicted molar refractivity (Wildman–Crippen MR) is 138 cm³/mol. The highest BCUT2D eigenvalue weighted by atomic mass is 14.1. The molecule has 0 aromatic heterocycles. The van der Waals surface area contributed by atoms with E-state index in [0.29, 0.717) is 12.6 Å². The molecule has 0 unspecified atom stereocenters. The van der Waals surface area contributed by atoms with Crippen LogP contribution in [0.25, 0.3) is 0 Å². The highest BCUT2D eigenvalue weighted by Crippen LogP contribution is 2.24. The summed E-state index contributed by atoms with van der Waals surface area (Å²) >= 11 is 0. The third-order valence-corrected chi connectivity index (χ3v) is 6.04. The van der Waals surface area contributed by atoms with E-state index in [4.69, 9.17) is 0 Å². The first kappa shape index (κ1) is 24.3. The van der Waals surface area contributed by atoms with E-state index < -0.39 is 0 Å². The lowest BCUT2D eigenvalue weighted by molar-refractivity contribution is 0.653. The first-order valence-corrected chi connectivity index (χ1v) is 11.4. The van der Waals surface area contributed by atoms with Crippen LogP contribution in [-0.4, -0.2) is 6.71 Å². The molecular formula is C29H41B. The largest absolute Gasteiger partial charge is 0.238 e. The summed E-state index contributed by atoms with van der Waals surface area (Å²) in [6, 6.07) is 9.43. The molecule has 2 aromatic carbocycles. The molecule has 0 fully saturated rings. The summed E-state index contributed by atoms with van der Waals surface area (Å²) in [5.41, 5.74) is 15.7. The van der Waals surface area contributed by atoms with Gasteiger partial charge in [-0.2, -0.15) is 0 Å². The summed E-state index contributed by atoms with van der Waals surface area (Å²) in [6.07, 6.45) is 3.49. The monoisotopic (exact) mass is 400 g/mol. The lowest BCUT2D eigenvalue weighted by atomic mass is 9.32. The van der Waals surface area contributed by atoms with Crippen LogP contribution in [0.1, 0.15) is 74.4 Å². The van der Waals surface area contributed by atoms with E-state index in [2.05, 4.69) is 107 Å². The number of hydrogen-bond donors (Lipinski definition) is 0. The molecule has 0 saturated carbocycles. The van der Waals surface area contributed by atoms with E-state index in [1.165, 1.54) is 55.5 Å². The lowest BCUT2D eigenvalue weighted by Gasteiger charge is -2.28. The van der Waals surface area contributed by atoms with Crippen LogP contribution in [0.2, 0.25) is 0 Å². The SMILES string of the molecule is CC(C)=C/C(C)=C(\CC(C)C)B(c1c(C)cc(C)cc1C)c1c(C)cc(C)cc1C. The van der Waals surface area contributed by atoms with Gasteiger partial charge in [-0.3, -0.25) is 0 Å². The normalized spacial score (nSPS) is 12.1. The molecule has 0 amide bonds. The molecule has 0 aliphatic heterocycles. The highest BCUT2D eigenvalue weighted by Gasteiger charge is 2.31. The van der Waals surface area contributed by atoms with Crippen molar-refractivity contribution in [2.24, 2.45) is 5.92 Å². The van der Waals surface area contributed by atoms with E-state index in [0.717, 1.165) is 6.42 Å². The Labute approximate surface area is 186 Å². The van der Waals surface area contributed by atoms with Gasteiger partial charge in [0.15, 0.2) is 0 Å². The Bertz CT molecular complexity index is 878. The second kappa shape index (κ2) is 9.86. The van der Waals surface area contributed by atoms with Crippen LogP contribution in [-0.2, 0) is 0 Å². The molecule has 0 atom stereocenters. The van der Waals surface area contributed by atoms with Crippen molar-refractivity contribution in [3.63, 3.8) is 0 Å². The van der Waals surface area contributed by atoms with Crippen LogP contribution >= 0.6 is 0 Å². The molecule has 160 valence electrons. The topological polar surface area (TPSA) is 0 Å². The van der Waals surface area contributed by atoms with Crippen molar-refractivity contribution in [1.29, 1.82) is 0 Å². The van der Waals surface area contributed by atoms with Gasteiger partial charge in [-0.15, -0.1) is 0 Å². The zero-order chi connectivity index (χ0) is 22.7. The molecule has 0 heterocycles. The fourth-order valence-electron chi connectivity index (χ4n) is 5.26. The molecule has 0 radical (unpaired) electrons. The van der Waals surface area contributed by atoms with Crippen molar-refractivity contribution in [1.82, 2.24) is 0 Å². The van der Waals surface area contributed by atoms with E-state index in [1.54, 1.807) is 5.47 Å². The number of hydrogen-bond acceptors (Lipinski definition) is 0. The smallest absolute Gasteiger partial charge is 0.0875 e. The zero-order valence-electron chi connectivity index (χ0n) is 21.2. The Morgan fingerprint density at radius 2 is 1.10 bits per heavy atom. The van der Waals surface area contributed by atoms with Crippen LogP contribution in [0.4, 0.5) is 0 Å². The standard InChI is InChI=1S/C29H41B/c1-18(2)12-22(7)27(13-19(3)4)30(28-23(8)14-20(5)15-24(28)9)29-25(10)16-21(6)17-26(29)11/h12,14-17,19H,13H2,1-11H3/b27-22+. The van der Waals surface area contributed by atoms with Crippen molar-refractivity contribution in [3.8, 4) is 0 Å². The van der Waals surface area contributed by atoms with E-state index in [-0.39, 0.29) is 0 Å². The van der Waals surface area contributed by atoms with Crippen molar-refractivity contribution in [2.75, 3.05) is 0 Å². The fraction of sp³-hybridized carbons (Fsp3) is 0.448. The maximum absolute atomic E-state index is 2.38. The first-order valence-electron chi connectivity index (χ1n) is 11.4. The van der Waals surface area contributed by atoms with Gasteiger partial charge >= 0.3 is 0 Å². The summed E-state index contributed by atoms with van der Waals surface area (Å²) < 4.78 is 0. The Hall–Kier alpha value is -2.02. The van der Waals surface area contributed by atoms with Gasteiger partial charge in [0, 0.05) is 0 Å². The number of aryl methyl sites for hydroxylation is 6. The van der Waals surface area contributed by atoms with Crippen LogP contribution < -0.4 is 10.9 Å². The molecule has 0 aliphatic rings. The second-order valence-corrected chi connectivity index (χ2v) is 10.1. The number of rotatable bonds is 6. The second-order valence-electron chi connectivity index (χ2n) is 10.1. The van der Waals surface area contributed by atoms with Gasteiger partial charge in [0.05, 0.1) is 0 Å². The van der Waals surface area contributed by atoms with Gasteiger partial charge in [0.1, 0.15) is 0 Å². The van der Waals surface area contributed by atoms with Crippen LogP contribution in [0.5, 0.6) is 0 Å². The molecule has 1 heteroatoms. The Kier molecular flexibility index (Phi) is 7.97. The molecule has 30 heavy (non-hydrogen) atoms. The maximum Gasteiger partial charge on any atom is 0.238 e. The maximum atomic E-state index is 2.38. The predicted octanol–water partition coefficient (Wildman–Crippen LogP) is 7.01. The van der Waals surface area contributed by atoms with Crippen LogP contribution in [0, 0.1) is 47.5 Å². The minimum atomic E-state index is 0.296. The third kappa shape index (κ3) is 5.57. The van der Waals surface area contributed by atoms with Gasteiger partial charge in [0.25, 0.3) is 0 Å². The van der Waals surface area contributed by atoms with Crippen LogP contribution in [0.15, 0.2) is 47.0 Å². The first-order chi connectivity index (χ1) is 13.9. The van der Waals surface area contributed by atoms with Gasteiger partial charge < -0.3 is 0 Å². The van der Waals surface area contributed by atoms with Crippen molar-refractivity contribution >= 4 is 17.6 Å². The third-order valence-electron chi connectivity index (χ3n) is 6.04. The molecule has 2 rings (SSSR count). The lowest BCUT2D eigenvalue weighted by Crippen LogP contribution is -2.50. The van der Waals surface area contributed by atoms with E-state index in [1.807, 2.05) is 0 Å². The quantitative estimate of drug-likeness (QED) is 0.361. The van der Waals surface area contributed by atoms with Crippen molar-refractivity contribution < 1.29 is 0 Å². The van der Waals surface area contributed by atoms with Gasteiger partial charge in [-0.05, 0) is 74.7 Å². The van der Waals surface area contributed by atoms with Gasteiger partial charge in [0.2, 0.25) is 6.71 Å². The van der Waals surface area contributed by atoms with Crippen LogP contribution in [0.3, 0.4) is 0 Å². The summed E-state index contributed by atoms with van der Waals surface area (Å²) in [4.78, 5) is 0. The van der Waals surface area contributed by atoms with Crippen molar-refractivity contribution in [2.45, 2.75) is 82.6 Å². The summed E-state index contributed by atoms with van der Waals surface area (Å²) in [6.45, 7) is 25.3. The summed E-state index contributed by atoms with van der Waals surface area (Å²) in [5, 5.41) is 0. The number of allylic oxidation sites excluding steroid dienone is 4. The van der Waals surface area contributed by atoms with E-state index >= 15 is 0 Å². The van der Waals surface area contributed by atoms with Gasteiger partial charge in [-0.1, -0.05) is 105 Å². The van der Waals surface area contributed by atoms with E-state index in [9.17, 15) is 0 Å². The highest BCUT2D eigenvalue weighted by molar-refractivity contribution is 6.92. The summed E-state index contributed by atoms with van der Waals surface area (Å²) in [7, 11) is 0. The molecule has 0 spiro atoms. The molecular weight excluding hydrogens is 359 g/mol. The Morgan fingerprint density at radius 3 is 1.40 bits per heavy atom. The van der Waals surface area contributed by atoms with Gasteiger partial charge in [-0.25, -0.2) is 0 Å². The molecule has 0 N–H and O–H groups in total. The molecule has 0 aliphatic carbocycles. The zero-order valence-corrected chi connectivity index (χ0v) is 21.2.